The van der Waals surface area contributed by atoms with Crippen LogP contribution in [0.15, 0.2) is 0 Å². The van der Waals surface area contributed by atoms with E-state index >= 15 is 0 Å². The molecule has 1 unspecified atom stereocenters. The molecule has 1 aliphatic rings. The van der Waals surface area contributed by atoms with Crippen LogP contribution in [0.3, 0.4) is 0 Å². The summed E-state index contributed by atoms with van der Waals surface area (Å²) in [6.45, 7) is 8.82. The molecule has 15 heavy (non-hydrogen) atoms. The molecule has 1 saturated heterocycles. The Morgan fingerprint density at radius 2 is 2.27 bits per heavy atom. The lowest BCUT2D eigenvalue weighted by Gasteiger charge is -2.31. The standard InChI is InChI=1S/C11H23N3O/c1-4-14(3)6-5-13-11(15)9(2)10-7-12-8-10/h9-10,12H,4-8H2,1-3H3,(H,13,15). The van der Waals surface area contributed by atoms with E-state index in [0.717, 1.165) is 32.7 Å². The van der Waals surface area contributed by atoms with E-state index in [2.05, 4.69) is 29.5 Å². The SMILES string of the molecule is CCN(C)CCNC(=O)C(C)C1CNC1. The molecule has 0 aromatic carbocycles. The summed E-state index contributed by atoms with van der Waals surface area (Å²) in [7, 11) is 2.06. The molecule has 4 nitrogen and oxygen atoms in total. The zero-order valence-corrected chi connectivity index (χ0v) is 10.0. The van der Waals surface area contributed by atoms with Crippen LogP contribution in [-0.2, 0) is 4.79 Å². The fraction of sp³-hybridized carbons (Fsp3) is 0.909. The lowest BCUT2D eigenvalue weighted by atomic mass is 9.88. The monoisotopic (exact) mass is 213 g/mol. The number of hydrogen-bond donors (Lipinski definition) is 2. The number of amides is 1. The van der Waals surface area contributed by atoms with Gasteiger partial charge < -0.3 is 15.5 Å². The summed E-state index contributed by atoms with van der Waals surface area (Å²) in [5, 5.41) is 6.18. The van der Waals surface area contributed by atoms with Gasteiger partial charge in [0.25, 0.3) is 0 Å². The van der Waals surface area contributed by atoms with Gasteiger partial charge in [-0.25, -0.2) is 0 Å². The zero-order valence-electron chi connectivity index (χ0n) is 10.0. The van der Waals surface area contributed by atoms with E-state index in [9.17, 15) is 4.79 Å². The summed E-state index contributed by atoms with van der Waals surface area (Å²) >= 11 is 0. The van der Waals surface area contributed by atoms with Crippen molar-refractivity contribution in [1.29, 1.82) is 0 Å². The summed E-state index contributed by atoms with van der Waals surface area (Å²) < 4.78 is 0. The fourth-order valence-corrected chi connectivity index (χ4v) is 1.57. The number of carbonyl (C=O) groups excluding carboxylic acids is 1. The molecule has 0 aromatic rings. The number of nitrogens with one attached hydrogen (secondary N) is 2. The number of rotatable bonds is 6. The van der Waals surface area contributed by atoms with Gasteiger partial charge >= 0.3 is 0 Å². The summed E-state index contributed by atoms with van der Waals surface area (Å²) in [5.74, 6) is 0.887. The molecule has 1 amide bonds. The lowest BCUT2D eigenvalue weighted by molar-refractivity contribution is -0.126. The molecule has 0 bridgehead atoms. The number of hydrogen-bond acceptors (Lipinski definition) is 3. The topological polar surface area (TPSA) is 44.4 Å². The predicted molar refractivity (Wildman–Crippen MR) is 61.7 cm³/mol. The highest BCUT2D eigenvalue weighted by Gasteiger charge is 2.28. The summed E-state index contributed by atoms with van der Waals surface area (Å²) in [6, 6.07) is 0. The van der Waals surface area contributed by atoms with Crippen LogP contribution in [0.25, 0.3) is 0 Å². The zero-order chi connectivity index (χ0) is 11.3. The highest BCUT2D eigenvalue weighted by atomic mass is 16.1. The van der Waals surface area contributed by atoms with Crippen molar-refractivity contribution in [3.8, 4) is 0 Å². The normalized spacial score (nSPS) is 18.7. The Labute approximate surface area is 92.4 Å². The third-order valence-corrected chi connectivity index (χ3v) is 3.27. The molecule has 1 aliphatic heterocycles. The van der Waals surface area contributed by atoms with Crippen LogP contribution in [0.1, 0.15) is 13.8 Å². The molecule has 1 rings (SSSR count). The first kappa shape index (κ1) is 12.5. The smallest absolute Gasteiger partial charge is 0.223 e. The van der Waals surface area contributed by atoms with Crippen LogP contribution in [-0.4, -0.2) is 50.6 Å². The maximum atomic E-state index is 11.7. The van der Waals surface area contributed by atoms with Gasteiger partial charge in [-0.3, -0.25) is 4.79 Å². The van der Waals surface area contributed by atoms with Crippen molar-refractivity contribution in [3.63, 3.8) is 0 Å². The highest BCUT2D eigenvalue weighted by Crippen LogP contribution is 2.15. The van der Waals surface area contributed by atoms with Crippen molar-refractivity contribution in [1.82, 2.24) is 15.5 Å². The van der Waals surface area contributed by atoms with Gasteiger partial charge in [0, 0.05) is 19.0 Å². The summed E-state index contributed by atoms with van der Waals surface area (Å²) in [4.78, 5) is 13.9. The molecule has 4 heteroatoms. The number of likely N-dealkylation sites (N-methyl/N-ethyl adjacent to an activating group) is 1. The third-order valence-electron chi connectivity index (χ3n) is 3.27. The Kier molecular flexibility index (Phi) is 5.05. The maximum absolute atomic E-state index is 11.7. The minimum absolute atomic E-state index is 0.151. The van der Waals surface area contributed by atoms with Crippen molar-refractivity contribution in [2.24, 2.45) is 11.8 Å². The lowest BCUT2D eigenvalue weighted by Crippen LogP contribution is -2.50. The van der Waals surface area contributed by atoms with E-state index < -0.39 is 0 Å². The molecule has 1 heterocycles. The molecule has 0 radical (unpaired) electrons. The van der Waals surface area contributed by atoms with Crippen LogP contribution < -0.4 is 10.6 Å². The Morgan fingerprint density at radius 3 is 2.73 bits per heavy atom. The van der Waals surface area contributed by atoms with Crippen LogP contribution in [0.2, 0.25) is 0 Å². The van der Waals surface area contributed by atoms with Gasteiger partial charge in [0.05, 0.1) is 0 Å². The summed E-state index contributed by atoms with van der Waals surface area (Å²) in [6.07, 6.45) is 0. The molecule has 88 valence electrons. The van der Waals surface area contributed by atoms with E-state index in [0.29, 0.717) is 5.92 Å². The molecular weight excluding hydrogens is 190 g/mol. The third kappa shape index (κ3) is 3.80. The second-order valence-corrected chi connectivity index (χ2v) is 4.39. The van der Waals surface area contributed by atoms with Gasteiger partial charge in [0.1, 0.15) is 0 Å². The Bertz CT molecular complexity index is 204. The first-order chi connectivity index (χ1) is 7.15. The van der Waals surface area contributed by atoms with Crippen molar-refractivity contribution < 1.29 is 4.79 Å². The summed E-state index contributed by atoms with van der Waals surface area (Å²) in [5.41, 5.74) is 0. The maximum Gasteiger partial charge on any atom is 0.223 e. The molecule has 0 spiro atoms. The molecule has 2 N–H and O–H groups in total. The Morgan fingerprint density at radius 1 is 1.60 bits per heavy atom. The molecule has 0 aromatic heterocycles. The Hall–Kier alpha value is -0.610. The number of nitrogens with zero attached hydrogens (tertiary/aromatic N) is 1. The molecule has 1 fully saturated rings. The van der Waals surface area contributed by atoms with E-state index in [1.54, 1.807) is 0 Å². The number of carbonyl (C=O) groups is 1. The van der Waals surface area contributed by atoms with Crippen LogP contribution in [0, 0.1) is 11.8 Å². The van der Waals surface area contributed by atoms with Gasteiger partial charge in [-0.2, -0.15) is 0 Å². The quantitative estimate of drug-likeness (QED) is 0.648. The average Bonchev–Trinajstić information content (AvgIpc) is 2.14. The molecule has 1 atom stereocenters. The van der Waals surface area contributed by atoms with Crippen molar-refractivity contribution in [3.05, 3.63) is 0 Å². The van der Waals surface area contributed by atoms with Gasteiger partial charge in [-0.05, 0) is 32.6 Å². The van der Waals surface area contributed by atoms with Crippen LogP contribution in [0.5, 0.6) is 0 Å². The van der Waals surface area contributed by atoms with Crippen molar-refractivity contribution in [2.45, 2.75) is 13.8 Å². The van der Waals surface area contributed by atoms with E-state index in [4.69, 9.17) is 0 Å². The van der Waals surface area contributed by atoms with Gasteiger partial charge in [0.15, 0.2) is 0 Å². The van der Waals surface area contributed by atoms with Crippen molar-refractivity contribution in [2.75, 3.05) is 39.8 Å². The minimum atomic E-state index is 0.151. The van der Waals surface area contributed by atoms with Gasteiger partial charge in [0.2, 0.25) is 5.91 Å². The van der Waals surface area contributed by atoms with E-state index in [-0.39, 0.29) is 11.8 Å². The van der Waals surface area contributed by atoms with Gasteiger partial charge in [-0.15, -0.1) is 0 Å². The average molecular weight is 213 g/mol. The first-order valence-corrected chi connectivity index (χ1v) is 5.82. The Balaban J connectivity index is 2.12. The molecule has 0 saturated carbocycles. The second-order valence-electron chi connectivity index (χ2n) is 4.39. The van der Waals surface area contributed by atoms with E-state index in [1.807, 2.05) is 6.92 Å². The fourth-order valence-electron chi connectivity index (χ4n) is 1.57. The van der Waals surface area contributed by atoms with Gasteiger partial charge in [-0.1, -0.05) is 13.8 Å². The molecular formula is C11H23N3O. The highest BCUT2D eigenvalue weighted by molar-refractivity contribution is 5.78. The van der Waals surface area contributed by atoms with Crippen molar-refractivity contribution >= 4 is 5.91 Å². The minimum Gasteiger partial charge on any atom is -0.355 e. The first-order valence-electron chi connectivity index (χ1n) is 5.82. The largest absolute Gasteiger partial charge is 0.355 e. The predicted octanol–water partition coefficient (Wildman–Crippen LogP) is -0.0902. The molecule has 0 aliphatic carbocycles. The van der Waals surface area contributed by atoms with Crippen LogP contribution in [0.4, 0.5) is 0 Å². The van der Waals surface area contributed by atoms with E-state index in [1.165, 1.54) is 0 Å². The van der Waals surface area contributed by atoms with Crippen LogP contribution >= 0.6 is 0 Å². The second kappa shape index (κ2) is 6.08.